The van der Waals surface area contributed by atoms with Crippen molar-refractivity contribution >= 4 is 16.7 Å². The molecule has 0 N–H and O–H groups in total. The monoisotopic (exact) mass is 310 g/mol. The number of hydrogen-bond acceptors (Lipinski definition) is 4. The van der Waals surface area contributed by atoms with Crippen LogP contribution in [0.1, 0.15) is 36.0 Å². The summed E-state index contributed by atoms with van der Waals surface area (Å²) in [4.78, 5) is 19.8. The molecule has 2 fully saturated rings. The fraction of sp³-hybridized carbons (Fsp3) is 0.474. The summed E-state index contributed by atoms with van der Waals surface area (Å²) < 4.78 is 5.15. The van der Waals surface area contributed by atoms with Crippen molar-refractivity contribution in [1.82, 2.24) is 9.88 Å². The molecule has 3 heterocycles. The summed E-state index contributed by atoms with van der Waals surface area (Å²) in [5.74, 6) is 1.07. The van der Waals surface area contributed by atoms with Crippen molar-refractivity contribution in [3.63, 3.8) is 0 Å². The number of carbonyl (C=O) groups excluding carboxylic acids is 1. The molecular weight excluding hydrogens is 288 g/mol. The second-order valence-electron chi connectivity index (χ2n) is 6.84. The molecule has 4 nitrogen and oxygen atoms in total. The zero-order valence-corrected chi connectivity index (χ0v) is 13.7. The number of fused-ring (bicyclic) bond motifs is 3. The molecule has 0 aliphatic carbocycles. The van der Waals surface area contributed by atoms with Gasteiger partial charge in [-0.05, 0) is 57.0 Å². The van der Waals surface area contributed by atoms with Crippen molar-refractivity contribution in [2.24, 2.45) is 5.92 Å². The van der Waals surface area contributed by atoms with E-state index in [9.17, 15) is 4.79 Å². The third-order valence-corrected chi connectivity index (χ3v) is 5.63. The van der Waals surface area contributed by atoms with Crippen molar-refractivity contribution in [2.45, 2.75) is 37.8 Å². The number of benzene rings is 1. The number of methoxy groups -OCH3 is 1. The van der Waals surface area contributed by atoms with Crippen molar-refractivity contribution in [3.8, 4) is 5.88 Å². The van der Waals surface area contributed by atoms with E-state index in [4.69, 9.17) is 4.74 Å². The largest absolute Gasteiger partial charge is 0.481 e. The highest BCUT2D eigenvalue weighted by molar-refractivity contribution is 6.01. The molecule has 0 amide bonds. The first-order valence-corrected chi connectivity index (χ1v) is 8.36. The molecule has 2 bridgehead atoms. The second-order valence-corrected chi connectivity index (χ2v) is 6.84. The molecule has 2 saturated heterocycles. The van der Waals surface area contributed by atoms with Crippen molar-refractivity contribution in [1.29, 1.82) is 0 Å². The smallest absolute Gasteiger partial charge is 0.213 e. The van der Waals surface area contributed by atoms with Gasteiger partial charge in [0.2, 0.25) is 5.88 Å². The maximum Gasteiger partial charge on any atom is 0.213 e. The standard InChI is InChI=1S/C19H22N2O2/c1-21-15-5-6-16(21)11-14(10-15)19(22)13-3-7-17-12(9-13)4-8-18(20-17)23-2/h3-4,7-9,14-16H,5-6,10-11H2,1-2H3. The van der Waals surface area contributed by atoms with Crippen LogP contribution in [0.5, 0.6) is 5.88 Å². The van der Waals surface area contributed by atoms with Crippen molar-refractivity contribution in [3.05, 3.63) is 35.9 Å². The molecule has 2 atom stereocenters. The number of ether oxygens (including phenoxy) is 1. The Kier molecular flexibility index (Phi) is 3.57. The van der Waals surface area contributed by atoms with Gasteiger partial charge in [0.1, 0.15) is 0 Å². The van der Waals surface area contributed by atoms with Gasteiger partial charge in [-0.25, -0.2) is 4.98 Å². The summed E-state index contributed by atoms with van der Waals surface area (Å²) in [5.41, 5.74) is 1.68. The normalized spacial score (nSPS) is 27.3. The van der Waals surface area contributed by atoms with Gasteiger partial charge >= 0.3 is 0 Å². The molecule has 1 aromatic carbocycles. The predicted octanol–water partition coefficient (Wildman–Crippen LogP) is 3.30. The first-order valence-electron chi connectivity index (χ1n) is 8.36. The lowest BCUT2D eigenvalue weighted by Crippen LogP contribution is -2.42. The molecule has 1 aromatic heterocycles. The predicted molar refractivity (Wildman–Crippen MR) is 89.9 cm³/mol. The van der Waals surface area contributed by atoms with E-state index >= 15 is 0 Å². The molecule has 23 heavy (non-hydrogen) atoms. The Bertz CT molecular complexity index is 744. The minimum absolute atomic E-state index is 0.173. The Labute approximate surface area is 136 Å². The summed E-state index contributed by atoms with van der Waals surface area (Å²) >= 11 is 0. The highest BCUT2D eigenvalue weighted by Gasteiger charge is 2.40. The van der Waals surface area contributed by atoms with Crippen LogP contribution in [0.3, 0.4) is 0 Å². The quantitative estimate of drug-likeness (QED) is 0.816. The number of piperidine rings is 1. The van der Waals surface area contributed by atoms with E-state index in [0.29, 0.717) is 23.7 Å². The molecule has 2 aliphatic rings. The molecular formula is C19H22N2O2. The topological polar surface area (TPSA) is 42.4 Å². The highest BCUT2D eigenvalue weighted by Crippen LogP contribution is 2.38. The molecule has 120 valence electrons. The van der Waals surface area contributed by atoms with E-state index < -0.39 is 0 Å². The fourth-order valence-electron chi connectivity index (χ4n) is 4.24. The molecule has 2 unspecified atom stereocenters. The van der Waals surface area contributed by atoms with Gasteiger partial charge < -0.3 is 9.64 Å². The van der Waals surface area contributed by atoms with Crippen molar-refractivity contribution in [2.75, 3.05) is 14.2 Å². The average Bonchev–Trinajstić information content (AvgIpc) is 2.80. The first-order chi connectivity index (χ1) is 11.2. The number of nitrogens with zero attached hydrogens (tertiary/aromatic N) is 2. The Morgan fingerprint density at radius 2 is 1.91 bits per heavy atom. The Hall–Kier alpha value is -1.94. The van der Waals surface area contributed by atoms with E-state index in [2.05, 4.69) is 16.9 Å². The summed E-state index contributed by atoms with van der Waals surface area (Å²) in [6.45, 7) is 0. The maximum absolute atomic E-state index is 12.9. The van der Waals surface area contributed by atoms with Crippen LogP contribution in [0.2, 0.25) is 0 Å². The third-order valence-electron chi connectivity index (χ3n) is 5.63. The maximum atomic E-state index is 12.9. The number of ketones is 1. The van der Waals surface area contributed by atoms with Gasteiger partial charge in [-0.3, -0.25) is 4.79 Å². The Morgan fingerprint density at radius 1 is 1.17 bits per heavy atom. The number of aromatic nitrogens is 1. The van der Waals surface area contributed by atoms with E-state index in [-0.39, 0.29) is 5.92 Å². The Balaban J connectivity index is 1.60. The summed E-state index contributed by atoms with van der Waals surface area (Å²) in [7, 11) is 3.82. The number of rotatable bonds is 3. The number of pyridine rings is 1. The van der Waals surface area contributed by atoms with Crippen molar-refractivity contribution < 1.29 is 9.53 Å². The lowest BCUT2D eigenvalue weighted by Gasteiger charge is -2.35. The van der Waals surface area contributed by atoms with Gasteiger partial charge in [0.25, 0.3) is 0 Å². The molecule has 4 rings (SSSR count). The number of carbonyl (C=O) groups is 1. The zero-order valence-electron chi connectivity index (χ0n) is 13.7. The minimum Gasteiger partial charge on any atom is -0.481 e. The molecule has 2 aliphatic heterocycles. The van der Waals surface area contributed by atoms with Gasteiger partial charge in [0.15, 0.2) is 5.78 Å². The van der Waals surface area contributed by atoms with Crippen LogP contribution in [0.25, 0.3) is 10.9 Å². The number of Topliss-reactive ketones (excluding diaryl/α,β-unsaturated/α-hetero) is 1. The van der Waals surface area contributed by atoms with Gasteiger partial charge in [-0.15, -0.1) is 0 Å². The molecule has 0 saturated carbocycles. The molecule has 4 heteroatoms. The van der Waals surface area contributed by atoms with Gasteiger partial charge in [0.05, 0.1) is 12.6 Å². The summed E-state index contributed by atoms with van der Waals surface area (Å²) in [6, 6.07) is 10.8. The Morgan fingerprint density at radius 3 is 2.61 bits per heavy atom. The average molecular weight is 310 g/mol. The lowest BCUT2D eigenvalue weighted by atomic mass is 9.85. The second kappa shape index (κ2) is 5.60. The van der Waals surface area contributed by atoms with Crippen LogP contribution >= 0.6 is 0 Å². The van der Waals surface area contributed by atoms with Crippen LogP contribution in [0.4, 0.5) is 0 Å². The lowest BCUT2D eigenvalue weighted by molar-refractivity contribution is 0.0767. The van der Waals surface area contributed by atoms with E-state index in [1.54, 1.807) is 7.11 Å². The summed E-state index contributed by atoms with van der Waals surface area (Å²) in [6.07, 6.45) is 4.49. The van der Waals surface area contributed by atoms with E-state index in [1.807, 2.05) is 30.3 Å². The first kappa shape index (κ1) is 14.6. The molecule has 0 radical (unpaired) electrons. The van der Waals surface area contributed by atoms with Crippen LogP contribution in [0, 0.1) is 5.92 Å². The van der Waals surface area contributed by atoms with Crippen LogP contribution < -0.4 is 4.74 Å². The van der Waals surface area contributed by atoms with Gasteiger partial charge in [-0.2, -0.15) is 0 Å². The van der Waals surface area contributed by atoms with Gasteiger partial charge in [-0.1, -0.05) is 0 Å². The fourth-order valence-corrected chi connectivity index (χ4v) is 4.24. The van der Waals surface area contributed by atoms with E-state index in [1.165, 1.54) is 12.8 Å². The van der Waals surface area contributed by atoms with Crippen LogP contribution in [-0.4, -0.2) is 41.9 Å². The molecule has 2 aromatic rings. The molecule has 0 spiro atoms. The van der Waals surface area contributed by atoms with Crippen LogP contribution in [-0.2, 0) is 0 Å². The van der Waals surface area contributed by atoms with Crippen LogP contribution in [0.15, 0.2) is 30.3 Å². The zero-order chi connectivity index (χ0) is 16.0. The van der Waals surface area contributed by atoms with E-state index in [0.717, 1.165) is 29.3 Å². The third kappa shape index (κ3) is 2.51. The SMILES string of the molecule is COc1ccc2cc(C(=O)C3CC4CCC(C3)N4C)ccc2n1. The highest BCUT2D eigenvalue weighted by atomic mass is 16.5. The van der Waals surface area contributed by atoms with Gasteiger partial charge in [0, 0.05) is 35.0 Å². The summed E-state index contributed by atoms with van der Waals surface area (Å²) in [5, 5.41) is 0.993. The number of hydrogen-bond donors (Lipinski definition) is 0. The minimum atomic E-state index is 0.173.